The average molecular weight is 378 g/mol. The Labute approximate surface area is 155 Å². The Hall–Kier alpha value is -1.60. The van der Waals surface area contributed by atoms with E-state index >= 15 is 0 Å². The van der Waals surface area contributed by atoms with Crippen molar-refractivity contribution in [2.75, 3.05) is 26.2 Å². The van der Waals surface area contributed by atoms with Gasteiger partial charge in [0, 0.05) is 32.2 Å². The van der Waals surface area contributed by atoms with Gasteiger partial charge in [-0.3, -0.25) is 0 Å². The van der Waals surface area contributed by atoms with E-state index in [1.807, 2.05) is 17.0 Å². The molecule has 0 aromatic heterocycles. The number of nitrogens with one attached hydrogen (secondary N) is 1. The maximum atomic E-state index is 12.7. The molecule has 1 unspecified atom stereocenters. The molecule has 3 aliphatic rings. The summed E-state index contributed by atoms with van der Waals surface area (Å²) < 4.78 is 28.2. The first-order valence-corrected chi connectivity index (χ1v) is 11.2. The summed E-state index contributed by atoms with van der Waals surface area (Å²) in [6, 6.07) is 7.09. The molecule has 4 rings (SSSR count). The van der Waals surface area contributed by atoms with Crippen LogP contribution in [0.5, 0.6) is 0 Å². The summed E-state index contributed by atoms with van der Waals surface area (Å²) in [5, 5.41) is 0. The molecule has 1 aromatic rings. The Bertz CT molecular complexity index is 753. The number of amides is 2. The number of nitrogens with zero attached hydrogens (tertiary/aromatic N) is 2. The lowest BCUT2D eigenvalue weighted by Gasteiger charge is -2.35. The molecule has 2 amide bonds. The number of hydrogen-bond donors (Lipinski definition) is 1. The lowest BCUT2D eigenvalue weighted by atomic mass is 10.1. The molecular formula is C19H27N3O3S. The number of carbonyl (C=O) groups is 1. The van der Waals surface area contributed by atoms with Crippen LogP contribution < -0.4 is 4.72 Å². The maximum absolute atomic E-state index is 12.7. The van der Waals surface area contributed by atoms with Gasteiger partial charge in [0.15, 0.2) is 0 Å². The Morgan fingerprint density at radius 2 is 1.58 bits per heavy atom. The first-order valence-electron chi connectivity index (χ1n) is 9.69. The third-order valence-electron chi connectivity index (χ3n) is 5.63. The predicted molar refractivity (Wildman–Crippen MR) is 99.5 cm³/mol. The first-order chi connectivity index (χ1) is 12.5. The number of rotatable bonds is 4. The van der Waals surface area contributed by atoms with Gasteiger partial charge in [-0.1, -0.05) is 12.1 Å². The highest BCUT2D eigenvalue weighted by Crippen LogP contribution is 2.40. The summed E-state index contributed by atoms with van der Waals surface area (Å²) >= 11 is 0. The SMILES string of the molecule is O=C(N1CCCC1)N1CCCC(NS(=O)(=O)c2ccc(C3CC3)cc2)C1. The molecule has 0 bridgehead atoms. The van der Waals surface area contributed by atoms with Crippen LogP contribution in [0.25, 0.3) is 0 Å². The van der Waals surface area contributed by atoms with Crippen LogP contribution in [0.3, 0.4) is 0 Å². The number of likely N-dealkylation sites (tertiary alicyclic amines) is 2. The van der Waals surface area contributed by atoms with Gasteiger partial charge in [-0.25, -0.2) is 17.9 Å². The van der Waals surface area contributed by atoms with Gasteiger partial charge in [0.2, 0.25) is 10.0 Å². The molecule has 1 aliphatic carbocycles. The number of carbonyl (C=O) groups excluding carboxylic acids is 1. The van der Waals surface area contributed by atoms with E-state index in [0.29, 0.717) is 23.9 Å². The maximum Gasteiger partial charge on any atom is 0.320 e. The van der Waals surface area contributed by atoms with E-state index in [0.717, 1.165) is 38.8 Å². The average Bonchev–Trinajstić information content (AvgIpc) is 3.35. The molecule has 1 aromatic carbocycles. The molecular weight excluding hydrogens is 350 g/mol. The van der Waals surface area contributed by atoms with Crippen molar-refractivity contribution in [3.8, 4) is 0 Å². The van der Waals surface area contributed by atoms with Gasteiger partial charge in [0.25, 0.3) is 0 Å². The van der Waals surface area contributed by atoms with E-state index in [-0.39, 0.29) is 12.1 Å². The number of urea groups is 1. The normalized spacial score (nSPS) is 24.1. The topological polar surface area (TPSA) is 69.7 Å². The fourth-order valence-electron chi connectivity index (χ4n) is 3.98. The molecule has 0 spiro atoms. The molecule has 3 fully saturated rings. The molecule has 1 atom stereocenters. The van der Waals surface area contributed by atoms with Crippen LogP contribution in [-0.2, 0) is 10.0 Å². The number of hydrogen-bond acceptors (Lipinski definition) is 3. The lowest BCUT2D eigenvalue weighted by Crippen LogP contribution is -2.52. The van der Waals surface area contributed by atoms with Crippen LogP contribution in [0, 0.1) is 0 Å². The molecule has 1 saturated carbocycles. The fourth-order valence-corrected chi connectivity index (χ4v) is 5.24. The number of benzene rings is 1. The van der Waals surface area contributed by atoms with Crippen molar-refractivity contribution in [3.63, 3.8) is 0 Å². The second kappa shape index (κ2) is 7.19. The van der Waals surface area contributed by atoms with Crippen LogP contribution in [0.2, 0.25) is 0 Å². The zero-order valence-corrected chi connectivity index (χ0v) is 15.9. The Kier molecular flexibility index (Phi) is 4.92. The van der Waals surface area contributed by atoms with E-state index in [1.165, 1.54) is 18.4 Å². The van der Waals surface area contributed by atoms with Crippen LogP contribution in [0.4, 0.5) is 4.79 Å². The van der Waals surface area contributed by atoms with Crippen molar-refractivity contribution in [1.29, 1.82) is 0 Å². The zero-order chi connectivity index (χ0) is 18.1. The van der Waals surface area contributed by atoms with Gasteiger partial charge in [0.05, 0.1) is 4.90 Å². The molecule has 2 saturated heterocycles. The fraction of sp³-hybridized carbons (Fsp3) is 0.632. The van der Waals surface area contributed by atoms with Crippen LogP contribution in [0.1, 0.15) is 50.0 Å². The van der Waals surface area contributed by atoms with Crippen molar-refractivity contribution in [2.24, 2.45) is 0 Å². The van der Waals surface area contributed by atoms with Crippen LogP contribution in [-0.4, -0.2) is 56.5 Å². The van der Waals surface area contributed by atoms with Gasteiger partial charge < -0.3 is 9.80 Å². The number of piperidine rings is 1. The minimum absolute atomic E-state index is 0.0557. The van der Waals surface area contributed by atoms with E-state index in [4.69, 9.17) is 0 Å². The summed E-state index contributed by atoms with van der Waals surface area (Å²) in [6.07, 6.45) is 6.12. The van der Waals surface area contributed by atoms with E-state index in [1.54, 1.807) is 17.0 Å². The lowest BCUT2D eigenvalue weighted by molar-refractivity contribution is 0.145. The summed E-state index contributed by atoms with van der Waals surface area (Å²) in [7, 11) is -3.55. The van der Waals surface area contributed by atoms with E-state index < -0.39 is 10.0 Å². The van der Waals surface area contributed by atoms with Crippen molar-refractivity contribution < 1.29 is 13.2 Å². The largest absolute Gasteiger partial charge is 0.325 e. The predicted octanol–water partition coefficient (Wildman–Crippen LogP) is 2.52. The van der Waals surface area contributed by atoms with E-state index in [2.05, 4.69) is 4.72 Å². The van der Waals surface area contributed by atoms with Crippen molar-refractivity contribution in [2.45, 2.75) is 55.4 Å². The third kappa shape index (κ3) is 3.88. The smallest absolute Gasteiger partial charge is 0.320 e. The molecule has 2 heterocycles. The van der Waals surface area contributed by atoms with Crippen molar-refractivity contribution >= 4 is 16.1 Å². The molecule has 7 heteroatoms. The quantitative estimate of drug-likeness (QED) is 0.877. The minimum Gasteiger partial charge on any atom is -0.325 e. The van der Waals surface area contributed by atoms with Crippen molar-refractivity contribution in [3.05, 3.63) is 29.8 Å². The van der Waals surface area contributed by atoms with Gasteiger partial charge in [0.1, 0.15) is 0 Å². The first kappa shape index (κ1) is 17.8. The third-order valence-corrected chi connectivity index (χ3v) is 7.17. The standard InChI is InChI=1S/C19H27N3O3S/c23-19(21-11-1-2-12-21)22-13-3-4-17(14-22)20-26(24,25)18-9-7-16(8-10-18)15-5-6-15/h7-10,15,17,20H,1-6,11-14H2. The summed E-state index contributed by atoms with van der Waals surface area (Å²) in [5.74, 6) is 0.614. The van der Waals surface area contributed by atoms with Crippen LogP contribution >= 0.6 is 0 Å². The zero-order valence-electron chi connectivity index (χ0n) is 15.1. The highest BCUT2D eigenvalue weighted by atomic mass is 32.2. The summed E-state index contributed by atoms with van der Waals surface area (Å²) in [6.45, 7) is 2.80. The second-order valence-corrected chi connectivity index (χ2v) is 9.44. The minimum atomic E-state index is -3.55. The highest BCUT2D eigenvalue weighted by Gasteiger charge is 2.31. The summed E-state index contributed by atoms with van der Waals surface area (Å²) in [4.78, 5) is 16.6. The Morgan fingerprint density at radius 3 is 2.23 bits per heavy atom. The highest BCUT2D eigenvalue weighted by molar-refractivity contribution is 7.89. The van der Waals surface area contributed by atoms with Gasteiger partial charge in [-0.15, -0.1) is 0 Å². The van der Waals surface area contributed by atoms with Gasteiger partial charge in [-0.05, 0) is 62.1 Å². The Morgan fingerprint density at radius 1 is 0.923 bits per heavy atom. The summed E-state index contributed by atoms with van der Waals surface area (Å²) in [5.41, 5.74) is 1.23. The number of sulfonamides is 1. The second-order valence-electron chi connectivity index (χ2n) is 7.73. The Balaban J connectivity index is 1.39. The molecule has 0 radical (unpaired) electrons. The molecule has 26 heavy (non-hydrogen) atoms. The van der Waals surface area contributed by atoms with E-state index in [9.17, 15) is 13.2 Å². The molecule has 6 nitrogen and oxygen atoms in total. The monoisotopic (exact) mass is 377 g/mol. The molecule has 1 N–H and O–H groups in total. The van der Waals surface area contributed by atoms with Gasteiger partial charge >= 0.3 is 6.03 Å². The van der Waals surface area contributed by atoms with Crippen molar-refractivity contribution in [1.82, 2.24) is 14.5 Å². The molecule has 142 valence electrons. The van der Waals surface area contributed by atoms with Crippen LogP contribution in [0.15, 0.2) is 29.2 Å². The van der Waals surface area contributed by atoms with Gasteiger partial charge in [-0.2, -0.15) is 0 Å². The molecule has 2 aliphatic heterocycles.